The topological polar surface area (TPSA) is 254 Å². The maximum Gasteiger partial charge on any atom is 0.420 e. The molecule has 1 saturated heterocycles. The minimum atomic E-state index is -2.21. The van der Waals surface area contributed by atoms with Gasteiger partial charge in [0.1, 0.15) is 29.8 Å². The van der Waals surface area contributed by atoms with Crippen molar-refractivity contribution in [2.24, 2.45) is 0 Å². The van der Waals surface area contributed by atoms with E-state index in [1.54, 1.807) is 18.2 Å². The van der Waals surface area contributed by atoms with Gasteiger partial charge in [-0.25, -0.2) is 4.79 Å². The zero-order valence-electron chi connectivity index (χ0n) is 33.2. The maximum atomic E-state index is 13.9. The molecule has 318 valence electrons. The number of aryl methyl sites for hydroxylation is 1. The van der Waals surface area contributed by atoms with E-state index in [1.807, 2.05) is 19.1 Å². The number of carbonyl (C=O) groups excluding carboxylic acids is 4. The first-order chi connectivity index (χ1) is 29.1. The normalized spacial score (nSPS) is 23.2. The summed E-state index contributed by atoms with van der Waals surface area (Å²) in [5, 5.41) is 57.6. The van der Waals surface area contributed by atoms with Crippen molar-refractivity contribution in [1.29, 1.82) is 0 Å². The number of fused-ring (bicyclic) bond motifs is 4. The Morgan fingerprint density at radius 1 is 0.984 bits per heavy atom. The first kappa shape index (κ1) is 41.4. The van der Waals surface area contributed by atoms with Crippen molar-refractivity contribution in [1.82, 2.24) is 9.88 Å². The molecule has 0 saturated carbocycles. The number of hydrogen-bond donors (Lipinski definition) is 6. The molecular formula is C44H42N2O15. The second kappa shape index (κ2) is 15.9. The van der Waals surface area contributed by atoms with E-state index in [-0.39, 0.29) is 63.6 Å². The number of aliphatic hydroxyl groups excluding tert-OH is 2. The molecular weight excluding hydrogens is 796 g/mol. The molecule has 1 amide bonds. The average molecular weight is 839 g/mol. The number of ketones is 3. The van der Waals surface area contributed by atoms with Crippen LogP contribution in [0.25, 0.3) is 11.1 Å². The molecule has 6 unspecified atom stereocenters. The van der Waals surface area contributed by atoms with Gasteiger partial charge in [0, 0.05) is 36.0 Å². The van der Waals surface area contributed by atoms with Crippen LogP contribution in [0.4, 0.5) is 0 Å². The maximum absolute atomic E-state index is 13.9. The second-order valence-corrected chi connectivity index (χ2v) is 15.6. The summed E-state index contributed by atoms with van der Waals surface area (Å²) in [6, 6.07) is 14.6. The summed E-state index contributed by atoms with van der Waals surface area (Å²) in [6.45, 7) is 1.91. The van der Waals surface area contributed by atoms with E-state index >= 15 is 0 Å². The van der Waals surface area contributed by atoms with Crippen LogP contribution in [-0.4, -0.2) is 104 Å². The van der Waals surface area contributed by atoms with Gasteiger partial charge in [-0.1, -0.05) is 24.3 Å². The Balaban J connectivity index is 0.986. The summed E-state index contributed by atoms with van der Waals surface area (Å²) in [7, 11) is 1.34. The number of hydrogen-bond acceptors (Lipinski definition) is 15. The van der Waals surface area contributed by atoms with Gasteiger partial charge in [0.15, 0.2) is 41.5 Å². The van der Waals surface area contributed by atoms with Crippen molar-refractivity contribution >= 4 is 34.4 Å². The summed E-state index contributed by atoms with van der Waals surface area (Å²) >= 11 is 0. The third-order valence-electron chi connectivity index (χ3n) is 11.5. The lowest BCUT2D eigenvalue weighted by Crippen LogP contribution is -2.56. The molecule has 1 fully saturated rings. The van der Waals surface area contributed by atoms with Gasteiger partial charge < -0.3 is 54.2 Å². The minimum Gasteiger partial charge on any atom is -0.507 e. The first-order valence-electron chi connectivity index (χ1n) is 19.5. The Hall–Kier alpha value is -6.37. The van der Waals surface area contributed by atoms with Gasteiger partial charge in [0.05, 0.1) is 48.5 Å². The lowest BCUT2D eigenvalue weighted by Gasteiger charge is -2.42. The van der Waals surface area contributed by atoms with Gasteiger partial charge in [0.2, 0.25) is 5.78 Å². The quantitative estimate of drug-likeness (QED) is 0.110. The Kier molecular flexibility index (Phi) is 10.8. The van der Waals surface area contributed by atoms with Crippen molar-refractivity contribution in [2.75, 3.05) is 20.3 Å². The number of ether oxygens (including phenoxy) is 4. The highest BCUT2D eigenvalue weighted by Gasteiger charge is 2.48. The van der Waals surface area contributed by atoms with Gasteiger partial charge in [-0.05, 0) is 66.9 Å². The number of aliphatic hydroxyl groups is 3. The van der Waals surface area contributed by atoms with Crippen LogP contribution in [0, 0.1) is 6.92 Å². The molecule has 0 radical (unpaired) electrons. The van der Waals surface area contributed by atoms with Crippen molar-refractivity contribution in [3.8, 4) is 23.0 Å². The van der Waals surface area contributed by atoms with Crippen LogP contribution >= 0.6 is 0 Å². The van der Waals surface area contributed by atoms with E-state index in [0.717, 1.165) is 5.56 Å². The van der Waals surface area contributed by atoms with Crippen LogP contribution < -0.4 is 20.5 Å². The molecule has 3 aliphatic rings. The van der Waals surface area contributed by atoms with Crippen LogP contribution in [0.1, 0.15) is 80.0 Å². The fourth-order valence-electron chi connectivity index (χ4n) is 8.46. The molecule has 17 nitrogen and oxygen atoms in total. The molecule has 0 bridgehead atoms. The van der Waals surface area contributed by atoms with Crippen LogP contribution in [0.5, 0.6) is 23.0 Å². The lowest BCUT2D eigenvalue weighted by molar-refractivity contribution is -0.249. The van der Waals surface area contributed by atoms with Crippen molar-refractivity contribution in [2.45, 2.75) is 75.9 Å². The van der Waals surface area contributed by atoms with Gasteiger partial charge >= 0.3 is 5.76 Å². The summed E-state index contributed by atoms with van der Waals surface area (Å²) in [5.74, 6) is -4.27. The number of carbonyl (C=O) groups is 4. The number of nitrogens with zero attached hydrogens (tertiary/aromatic N) is 1. The standard InChI is InChI=1S/C44H42N2O15/c1-20-7-9-29-27(11-20)46(43(55)61-29)17-22-8-10-30(28(48)12-22)58-19-34(50)45-26-14-35(59-21(2)39(26)51)60-32-16-44(56,33(49)18-47)15-23-13-25-38(41(53)36(23)32)42(54)37-24(40(25)52)5-4-6-31(37)57-3/h4-13,21,26,32,35,39,47-48,51,53,56H,14-19H2,1-3H3,(H,45,50). The van der Waals surface area contributed by atoms with E-state index in [1.165, 1.54) is 48.9 Å². The van der Waals surface area contributed by atoms with Crippen LogP contribution in [0.3, 0.4) is 0 Å². The Morgan fingerprint density at radius 3 is 2.51 bits per heavy atom. The average Bonchev–Trinajstić information content (AvgIpc) is 3.53. The smallest absolute Gasteiger partial charge is 0.420 e. The molecule has 1 aliphatic heterocycles. The third-order valence-corrected chi connectivity index (χ3v) is 11.5. The number of aromatic hydroxyl groups is 2. The summed E-state index contributed by atoms with van der Waals surface area (Å²) in [4.78, 5) is 66.3. The number of phenolic OH excluding ortho intramolecular Hbond substituents is 2. The fourth-order valence-corrected chi connectivity index (χ4v) is 8.46. The molecule has 1 aromatic heterocycles. The van der Waals surface area contributed by atoms with E-state index in [9.17, 15) is 49.5 Å². The number of oxazole rings is 1. The van der Waals surface area contributed by atoms with Crippen molar-refractivity contribution in [3.05, 3.63) is 116 Å². The molecule has 5 aromatic rings. The van der Waals surface area contributed by atoms with Gasteiger partial charge in [0.25, 0.3) is 5.91 Å². The van der Waals surface area contributed by atoms with Crippen LogP contribution in [-0.2, 0) is 32.0 Å². The highest BCUT2D eigenvalue weighted by atomic mass is 16.7. The van der Waals surface area contributed by atoms with E-state index in [2.05, 4.69) is 5.32 Å². The zero-order valence-corrected chi connectivity index (χ0v) is 33.2. The largest absolute Gasteiger partial charge is 0.507 e. The monoisotopic (exact) mass is 838 g/mol. The van der Waals surface area contributed by atoms with Crippen LogP contribution in [0.15, 0.2) is 69.9 Å². The first-order valence-corrected chi connectivity index (χ1v) is 19.5. The Bertz CT molecular complexity index is 2680. The zero-order chi connectivity index (χ0) is 43.5. The number of benzene rings is 4. The molecule has 4 aromatic carbocycles. The summed E-state index contributed by atoms with van der Waals surface area (Å²) < 4.78 is 29.9. The predicted molar refractivity (Wildman–Crippen MR) is 212 cm³/mol. The highest BCUT2D eigenvalue weighted by molar-refractivity contribution is 6.30. The molecule has 0 spiro atoms. The summed E-state index contributed by atoms with van der Waals surface area (Å²) in [5.41, 5.74) is -0.0409. The number of nitrogens with one attached hydrogen (secondary N) is 1. The molecule has 17 heteroatoms. The molecule has 61 heavy (non-hydrogen) atoms. The van der Waals surface area contributed by atoms with Gasteiger partial charge in [-0.15, -0.1) is 0 Å². The number of phenols is 2. The Morgan fingerprint density at radius 2 is 1.77 bits per heavy atom. The van der Waals surface area contributed by atoms with Crippen LogP contribution in [0.2, 0.25) is 0 Å². The molecule has 2 aliphatic carbocycles. The summed E-state index contributed by atoms with van der Waals surface area (Å²) in [6.07, 6.45) is -5.86. The lowest BCUT2D eigenvalue weighted by atomic mass is 9.72. The SMILES string of the molecule is COc1cccc2c1C(=O)c1c(cc3c(c1O)C(OC1CC(NC(=O)COc4ccc(Cn5c(=O)oc6ccc(C)cc65)cc4O)C(O)C(C)O1)CC(O)(C(=O)CO)C3)C2=O. The number of aromatic nitrogens is 1. The number of rotatable bonds is 11. The molecule has 6 atom stereocenters. The van der Waals surface area contributed by atoms with Gasteiger partial charge in [-0.2, -0.15) is 0 Å². The van der Waals surface area contributed by atoms with E-state index in [0.29, 0.717) is 16.7 Å². The van der Waals surface area contributed by atoms with E-state index < -0.39 is 97.1 Å². The number of Topliss-reactive ketones (excluding diaryl/α,β-unsaturated/α-hetero) is 1. The molecule has 8 rings (SSSR count). The number of amides is 1. The van der Waals surface area contributed by atoms with E-state index in [4.69, 9.17) is 23.4 Å². The molecule has 6 N–H and O–H groups in total. The third kappa shape index (κ3) is 7.44. The highest BCUT2D eigenvalue weighted by Crippen LogP contribution is 2.49. The molecule has 2 heterocycles. The van der Waals surface area contributed by atoms with Gasteiger partial charge in [-0.3, -0.25) is 23.7 Å². The van der Waals surface area contributed by atoms with Crippen molar-refractivity contribution < 1.29 is 68.1 Å². The minimum absolute atomic E-state index is 0.0103. The Labute approximate surface area is 346 Å². The fraction of sp³-hybridized carbons (Fsp3) is 0.341. The second-order valence-electron chi connectivity index (χ2n) is 15.6. The number of methoxy groups -OCH3 is 1. The predicted octanol–water partition coefficient (Wildman–Crippen LogP) is 2.50. The van der Waals surface area contributed by atoms with Crippen molar-refractivity contribution in [3.63, 3.8) is 0 Å².